The summed E-state index contributed by atoms with van der Waals surface area (Å²) in [6.07, 6.45) is 8.36. The number of halogens is 1. The normalized spacial score (nSPS) is 11.5. The molecule has 1 aromatic rings. The minimum absolute atomic E-state index is 0.0670. The zero-order chi connectivity index (χ0) is 14.1. The summed E-state index contributed by atoms with van der Waals surface area (Å²) in [4.78, 5) is 3.84. The van der Waals surface area contributed by atoms with E-state index >= 15 is 0 Å². The fourth-order valence-corrected chi connectivity index (χ4v) is 2.63. The van der Waals surface area contributed by atoms with Crippen molar-refractivity contribution in [3.63, 3.8) is 0 Å². The van der Waals surface area contributed by atoms with E-state index in [9.17, 15) is 8.42 Å². The second-order valence-corrected chi connectivity index (χ2v) is 6.90. The molecule has 4 nitrogen and oxygen atoms in total. The molecule has 0 aliphatic rings. The average molecular weight is 306 g/mol. The van der Waals surface area contributed by atoms with Crippen molar-refractivity contribution in [1.29, 1.82) is 0 Å². The first-order valence-corrected chi connectivity index (χ1v) is 8.89. The first kappa shape index (κ1) is 16.2. The van der Waals surface area contributed by atoms with Gasteiger partial charge >= 0.3 is 0 Å². The van der Waals surface area contributed by atoms with Crippen LogP contribution >= 0.6 is 10.7 Å². The third-order valence-corrected chi connectivity index (χ3v) is 4.07. The van der Waals surface area contributed by atoms with Crippen molar-refractivity contribution in [2.75, 3.05) is 6.61 Å². The van der Waals surface area contributed by atoms with Crippen LogP contribution in [0.25, 0.3) is 0 Å². The summed E-state index contributed by atoms with van der Waals surface area (Å²) in [5, 5.41) is 0. The van der Waals surface area contributed by atoms with Crippen molar-refractivity contribution in [2.45, 2.75) is 50.3 Å². The van der Waals surface area contributed by atoms with Crippen molar-refractivity contribution in [2.24, 2.45) is 0 Å². The summed E-state index contributed by atoms with van der Waals surface area (Å²) in [6.45, 7) is 2.64. The number of aromatic nitrogens is 1. The molecule has 0 N–H and O–H groups in total. The summed E-state index contributed by atoms with van der Waals surface area (Å²) in [6, 6.07) is 2.92. The van der Waals surface area contributed by atoms with Crippen LogP contribution in [0.1, 0.15) is 45.4 Å². The van der Waals surface area contributed by atoms with Crippen LogP contribution in [-0.4, -0.2) is 20.0 Å². The summed E-state index contributed by atoms with van der Waals surface area (Å²) >= 11 is 0. The second-order valence-electron chi connectivity index (χ2n) is 4.36. The predicted molar refractivity (Wildman–Crippen MR) is 76.1 cm³/mol. The molecule has 0 amide bonds. The van der Waals surface area contributed by atoms with Gasteiger partial charge < -0.3 is 4.74 Å². The topological polar surface area (TPSA) is 56.3 Å². The maximum Gasteiger partial charge on any atom is 0.266 e. The molecule has 0 radical (unpaired) electrons. The Morgan fingerprint density at radius 3 is 2.58 bits per heavy atom. The molecule has 0 aromatic carbocycles. The van der Waals surface area contributed by atoms with Gasteiger partial charge in [0.25, 0.3) is 9.05 Å². The Kier molecular flexibility index (Phi) is 7.16. The van der Waals surface area contributed by atoms with Gasteiger partial charge in [-0.2, -0.15) is 0 Å². The van der Waals surface area contributed by atoms with E-state index in [2.05, 4.69) is 11.9 Å². The number of unbranched alkanes of at least 4 members (excludes halogenated alkanes) is 5. The molecule has 0 bridgehead atoms. The minimum Gasteiger partial charge on any atom is -0.477 e. The molecule has 0 atom stereocenters. The molecule has 0 aliphatic heterocycles. The Labute approximate surface area is 119 Å². The number of hydrogen-bond acceptors (Lipinski definition) is 4. The molecular formula is C13H20ClNO3S. The van der Waals surface area contributed by atoms with Crippen molar-refractivity contribution in [3.05, 3.63) is 18.3 Å². The van der Waals surface area contributed by atoms with Gasteiger partial charge in [-0.1, -0.05) is 39.0 Å². The number of nitrogens with zero attached hydrogens (tertiary/aromatic N) is 1. The highest BCUT2D eigenvalue weighted by atomic mass is 35.7. The van der Waals surface area contributed by atoms with Gasteiger partial charge in [0.2, 0.25) is 5.88 Å². The molecule has 0 unspecified atom stereocenters. The third kappa shape index (κ3) is 6.25. The van der Waals surface area contributed by atoms with Crippen LogP contribution in [-0.2, 0) is 9.05 Å². The van der Waals surface area contributed by atoms with Crippen molar-refractivity contribution in [3.8, 4) is 5.88 Å². The maximum atomic E-state index is 11.3. The van der Waals surface area contributed by atoms with Crippen LogP contribution < -0.4 is 4.74 Å². The molecule has 108 valence electrons. The van der Waals surface area contributed by atoms with E-state index < -0.39 is 9.05 Å². The first-order valence-electron chi connectivity index (χ1n) is 6.58. The summed E-state index contributed by atoms with van der Waals surface area (Å²) in [7, 11) is 1.51. The van der Waals surface area contributed by atoms with Gasteiger partial charge in [-0.25, -0.2) is 13.4 Å². The quantitative estimate of drug-likeness (QED) is 0.515. The zero-order valence-corrected chi connectivity index (χ0v) is 12.7. The van der Waals surface area contributed by atoms with Crippen LogP contribution in [0.15, 0.2) is 23.2 Å². The highest BCUT2D eigenvalue weighted by molar-refractivity contribution is 8.13. The Morgan fingerprint density at radius 2 is 1.89 bits per heavy atom. The lowest BCUT2D eigenvalue weighted by molar-refractivity contribution is 0.285. The van der Waals surface area contributed by atoms with E-state index in [0.29, 0.717) is 6.61 Å². The van der Waals surface area contributed by atoms with Gasteiger partial charge in [-0.15, -0.1) is 0 Å². The lowest BCUT2D eigenvalue weighted by Crippen LogP contribution is -2.03. The molecule has 1 rings (SSSR count). The van der Waals surface area contributed by atoms with Crippen LogP contribution in [0.5, 0.6) is 5.88 Å². The standard InChI is InChI=1S/C13H20ClNO3S/c1-2-3-4-5-6-7-11-18-13-12(19(14,16)17)9-8-10-15-13/h8-10H,2-7,11H2,1H3. The van der Waals surface area contributed by atoms with Crippen LogP contribution in [0, 0.1) is 0 Å². The molecule has 0 fully saturated rings. The van der Waals surface area contributed by atoms with E-state index in [4.69, 9.17) is 15.4 Å². The van der Waals surface area contributed by atoms with Gasteiger partial charge in [-0.3, -0.25) is 0 Å². The second kappa shape index (κ2) is 8.38. The molecule has 1 heterocycles. The van der Waals surface area contributed by atoms with Crippen molar-refractivity contribution >= 4 is 19.7 Å². The number of ether oxygens (including phenoxy) is 1. The molecule has 0 saturated carbocycles. The Morgan fingerprint density at radius 1 is 1.21 bits per heavy atom. The summed E-state index contributed by atoms with van der Waals surface area (Å²) in [5.41, 5.74) is 0. The number of rotatable bonds is 9. The number of hydrogen-bond donors (Lipinski definition) is 0. The Hall–Kier alpha value is -0.810. The Balaban J connectivity index is 2.38. The van der Waals surface area contributed by atoms with E-state index in [1.54, 1.807) is 0 Å². The van der Waals surface area contributed by atoms with Gasteiger partial charge in [0.15, 0.2) is 0 Å². The van der Waals surface area contributed by atoms with Gasteiger partial charge in [0.05, 0.1) is 6.61 Å². The van der Waals surface area contributed by atoms with E-state index in [1.807, 2.05) is 0 Å². The summed E-state index contributed by atoms with van der Waals surface area (Å²) in [5.74, 6) is 0.0889. The molecule has 19 heavy (non-hydrogen) atoms. The minimum atomic E-state index is -3.80. The summed E-state index contributed by atoms with van der Waals surface area (Å²) < 4.78 is 28.0. The highest BCUT2D eigenvalue weighted by Gasteiger charge is 2.17. The van der Waals surface area contributed by atoms with E-state index in [0.717, 1.165) is 12.8 Å². The molecule has 0 spiro atoms. The van der Waals surface area contributed by atoms with Crippen LogP contribution in [0.2, 0.25) is 0 Å². The first-order chi connectivity index (χ1) is 9.05. The largest absolute Gasteiger partial charge is 0.477 e. The SMILES string of the molecule is CCCCCCCCOc1ncccc1S(=O)(=O)Cl. The fourth-order valence-electron chi connectivity index (χ4n) is 1.72. The lowest BCUT2D eigenvalue weighted by Gasteiger charge is -2.07. The fraction of sp³-hybridized carbons (Fsp3) is 0.615. The zero-order valence-electron chi connectivity index (χ0n) is 11.1. The van der Waals surface area contributed by atoms with Crippen LogP contribution in [0.4, 0.5) is 0 Å². The molecule has 0 saturated heterocycles. The molecule has 6 heteroatoms. The van der Waals surface area contributed by atoms with Gasteiger partial charge in [0.1, 0.15) is 4.90 Å². The lowest BCUT2D eigenvalue weighted by atomic mass is 10.1. The van der Waals surface area contributed by atoms with Crippen LogP contribution in [0.3, 0.4) is 0 Å². The average Bonchev–Trinajstić information content (AvgIpc) is 2.37. The number of pyridine rings is 1. The van der Waals surface area contributed by atoms with E-state index in [1.165, 1.54) is 44.0 Å². The van der Waals surface area contributed by atoms with Crippen molar-refractivity contribution in [1.82, 2.24) is 4.98 Å². The van der Waals surface area contributed by atoms with Gasteiger partial charge in [-0.05, 0) is 18.6 Å². The highest BCUT2D eigenvalue weighted by Crippen LogP contribution is 2.24. The predicted octanol–water partition coefficient (Wildman–Crippen LogP) is 3.75. The van der Waals surface area contributed by atoms with Crippen molar-refractivity contribution < 1.29 is 13.2 Å². The van der Waals surface area contributed by atoms with Gasteiger partial charge in [0, 0.05) is 16.9 Å². The monoisotopic (exact) mass is 305 g/mol. The third-order valence-electron chi connectivity index (χ3n) is 2.74. The molecule has 1 aromatic heterocycles. The molecule has 0 aliphatic carbocycles. The maximum absolute atomic E-state index is 11.3. The Bertz CT molecular complexity index is 477. The smallest absolute Gasteiger partial charge is 0.266 e. The molecular weight excluding hydrogens is 286 g/mol. The van der Waals surface area contributed by atoms with E-state index in [-0.39, 0.29) is 10.8 Å².